The molecular formula is C19H24ClN3O4. The molecule has 1 unspecified atom stereocenters. The number of ether oxygens (including phenoxy) is 2. The monoisotopic (exact) mass is 393 g/mol. The molecule has 1 aliphatic heterocycles. The summed E-state index contributed by atoms with van der Waals surface area (Å²) in [6.45, 7) is 5.23. The van der Waals surface area contributed by atoms with Gasteiger partial charge in [0, 0.05) is 19.6 Å². The van der Waals surface area contributed by atoms with Crippen molar-refractivity contribution in [2.24, 2.45) is 0 Å². The van der Waals surface area contributed by atoms with Crippen molar-refractivity contribution in [2.75, 3.05) is 45.3 Å². The van der Waals surface area contributed by atoms with Gasteiger partial charge in [0.05, 0.1) is 37.1 Å². The lowest BCUT2D eigenvalue weighted by Gasteiger charge is -2.33. The molecule has 0 radical (unpaired) electrons. The number of hydrogen-bond donors (Lipinski definition) is 2. The number of halogens is 1. The number of furan rings is 1. The fourth-order valence-corrected chi connectivity index (χ4v) is 3.35. The number of carbonyl (C=O) groups is 1. The van der Waals surface area contributed by atoms with Crippen LogP contribution in [-0.2, 0) is 4.74 Å². The molecule has 1 atom stereocenters. The van der Waals surface area contributed by atoms with E-state index in [-0.39, 0.29) is 12.1 Å². The summed E-state index contributed by atoms with van der Waals surface area (Å²) in [4.78, 5) is 14.7. The highest BCUT2D eigenvalue weighted by atomic mass is 35.5. The summed E-state index contributed by atoms with van der Waals surface area (Å²) in [7, 11) is 1.51. The smallest absolute Gasteiger partial charge is 0.319 e. The second-order valence-electron chi connectivity index (χ2n) is 6.27. The molecule has 146 valence electrons. The van der Waals surface area contributed by atoms with E-state index in [9.17, 15) is 4.79 Å². The number of hydrogen-bond acceptors (Lipinski definition) is 5. The number of para-hydroxylation sites is 1. The third-order valence-corrected chi connectivity index (χ3v) is 4.75. The lowest BCUT2D eigenvalue weighted by Crippen LogP contribution is -2.44. The maximum Gasteiger partial charge on any atom is 0.319 e. The van der Waals surface area contributed by atoms with Gasteiger partial charge in [-0.1, -0.05) is 17.7 Å². The van der Waals surface area contributed by atoms with E-state index in [1.54, 1.807) is 18.2 Å². The van der Waals surface area contributed by atoms with Gasteiger partial charge in [-0.15, -0.1) is 0 Å². The zero-order chi connectivity index (χ0) is 19.2. The fourth-order valence-electron chi connectivity index (χ4n) is 3.10. The number of methoxy groups -OCH3 is 1. The number of morpholine rings is 1. The summed E-state index contributed by atoms with van der Waals surface area (Å²) in [6, 6.07) is 8.68. The highest BCUT2D eigenvalue weighted by Gasteiger charge is 2.25. The molecule has 1 saturated heterocycles. The Morgan fingerprint density at radius 1 is 1.30 bits per heavy atom. The summed E-state index contributed by atoms with van der Waals surface area (Å²) in [5, 5.41) is 6.14. The number of anilines is 1. The van der Waals surface area contributed by atoms with Crippen LogP contribution in [0.5, 0.6) is 5.75 Å². The Hall–Kier alpha value is -2.22. The van der Waals surface area contributed by atoms with Crippen LogP contribution in [0.2, 0.25) is 5.02 Å². The zero-order valence-electron chi connectivity index (χ0n) is 15.5. The number of urea groups is 1. The highest BCUT2D eigenvalue weighted by Crippen LogP contribution is 2.32. The predicted molar refractivity (Wildman–Crippen MR) is 104 cm³/mol. The van der Waals surface area contributed by atoms with Crippen molar-refractivity contribution >= 4 is 23.3 Å². The fraction of sp³-hybridized carbons (Fsp3) is 0.421. The Morgan fingerprint density at radius 2 is 2.07 bits per heavy atom. The lowest BCUT2D eigenvalue weighted by molar-refractivity contribution is 0.0122. The van der Waals surface area contributed by atoms with Gasteiger partial charge in [-0.2, -0.15) is 0 Å². The van der Waals surface area contributed by atoms with E-state index in [1.165, 1.54) is 7.11 Å². The zero-order valence-corrected chi connectivity index (χ0v) is 16.2. The Kier molecular flexibility index (Phi) is 6.60. The van der Waals surface area contributed by atoms with Gasteiger partial charge < -0.3 is 24.5 Å². The largest absolute Gasteiger partial charge is 0.493 e. The van der Waals surface area contributed by atoms with Crippen LogP contribution in [0, 0.1) is 6.92 Å². The van der Waals surface area contributed by atoms with E-state index >= 15 is 0 Å². The van der Waals surface area contributed by atoms with E-state index in [4.69, 9.17) is 25.5 Å². The molecule has 3 rings (SSSR count). The Balaban J connectivity index is 1.66. The molecule has 27 heavy (non-hydrogen) atoms. The molecule has 1 aromatic carbocycles. The molecule has 0 spiro atoms. The third-order valence-electron chi connectivity index (χ3n) is 4.45. The molecule has 7 nitrogen and oxygen atoms in total. The van der Waals surface area contributed by atoms with Crippen LogP contribution in [0.25, 0.3) is 0 Å². The van der Waals surface area contributed by atoms with Gasteiger partial charge in [-0.25, -0.2) is 4.79 Å². The normalized spacial score (nSPS) is 16.0. The van der Waals surface area contributed by atoms with Gasteiger partial charge in [0.2, 0.25) is 0 Å². The second-order valence-corrected chi connectivity index (χ2v) is 6.68. The lowest BCUT2D eigenvalue weighted by atomic mass is 10.1. The van der Waals surface area contributed by atoms with Crippen LogP contribution < -0.4 is 15.4 Å². The first kappa shape index (κ1) is 19.5. The van der Waals surface area contributed by atoms with E-state index in [1.807, 2.05) is 19.1 Å². The molecule has 2 aromatic rings. The number of rotatable bonds is 6. The number of nitrogens with zero attached hydrogens (tertiary/aromatic N) is 1. The van der Waals surface area contributed by atoms with Crippen LogP contribution in [-0.4, -0.2) is 50.9 Å². The van der Waals surface area contributed by atoms with Crippen LogP contribution in [0.15, 0.2) is 34.7 Å². The molecule has 0 bridgehead atoms. The summed E-state index contributed by atoms with van der Waals surface area (Å²) in [6.07, 6.45) is 0. The van der Waals surface area contributed by atoms with Gasteiger partial charge in [-0.3, -0.25) is 4.90 Å². The number of carbonyl (C=O) groups excluding carboxylic acids is 1. The van der Waals surface area contributed by atoms with Crippen molar-refractivity contribution in [1.29, 1.82) is 0 Å². The molecule has 0 aliphatic carbocycles. The van der Waals surface area contributed by atoms with E-state index < -0.39 is 0 Å². The quantitative estimate of drug-likeness (QED) is 0.786. The number of benzene rings is 1. The molecule has 2 amide bonds. The number of aryl methyl sites for hydroxylation is 1. The average Bonchev–Trinajstić information content (AvgIpc) is 3.09. The highest BCUT2D eigenvalue weighted by molar-refractivity contribution is 6.32. The van der Waals surface area contributed by atoms with Crippen molar-refractivity contribution in [3.05, 3.63) is 46.9 Å². The van der Waals surface area contributed by atoms with E-state index in [0.717, 1.165) is 24.6 Å². The molecule has 2 heterocycles. The van der Waals surface area contributed by atoms with Crippen LogP contribution >= 0.6 is 11.6 Å². The Labute approximate surface area is 163 Å². The second kappa shape index (κ2) is 9.12. The minimum atomic E-state index is -0.336. The minimum absolute atomic E-state index is 0.0605. The minimum Gasteiger partial charge on any atom is -0.493 e. The molecule has 2 N–H and O–H groups in total. The van der Waals surface area contributed by atoms with Crippen molar-refractivity contribution in [3.63, 3.8) is 0 Å². The first-order valence-corrected chi connectivity index (χ1v) is 9.21. The standard InChI is InChI=1S/C19H24ClN3O4/c1-13-6-7-17(27-13)16(23-8-10-26-11-9-23)12-21-19(24)22-15-5-3-4-14(20)18(15)25-2/h3-7,16H,8-12H2,1-2H3,(H2,21,22,24). The van der Waals surface area contributed by atoms with Gasteiger partial charge in [-0.05, 0) is 31.2 Å². The van der Waals surface area contributed by atoms with Gasteiger partial charge in [0.15, 0.2) is 5.75 Å². The molecule has 0 saturated carbocycles. The molecule has 1 fully saturated rings. The van der Waals surface area contributed by atoms with Gasteiger partial charge in [0.25, 0.3) is 0 Å². The molecule has 8 heteroatoms. The molecular weight excluding hydrogens is 370 g/mol. The summed E-state index contributed by atoms with van der Waals surface area (Å²) >= 11 is 6.10. The number of nitrogens with one attached hydrogen (secondary N) is 2. The SMILES string of the molecule is COc1c(Cl)cccc1NC(=O)NCC(c1ccc(C)o1)N1CCOCC1. The van der Waals surface area contributed by atoms with Gasteiger partial charge >= 0.3 is 6.03 Å². The van der Waals surface area contributed by atoms with Crippen LogP contribution in [0.3, 0.4) is 0 Å². The van der Waals surface area contributed by atoms with Crippen LogP contribution in [0.1, 0.15) is 17.6 Å². The number of amides is 2. The van der Waals surface area contributed by atoms with Crippen molar-refractivity contribution in [1.82, 2.24) is 10.2 Å². The summed E-state index contributed by atoms with van der Waals surface area (Å²) in [5.41, 5.74) is 0.513. The summed E-state index contributed by atoms with van der Waals surface area (Å²) in [5.74, 6) is 2.10. The van der Waals surface area contributed by atoms with Crippen molar-refractivity contribution in [3.8, 4) is 5.75 Å². The maximum absolute atomic E-state index is 12.4. The first-order chi connectivity index (χ1) is 13.1. The van der Waals surface area contributed by atoms with E-state index in [2.05, 4.69) is 15.5 Å². The van der Waals surface area contributed by atoms with Gasteiger partial charge in [0.1, 0.15) is 11.5 Å². The average molecular weight is 394 g/mol. The topological polar surface area (TPSA) is 76.0 Å². The van der Waals surface area contributed by atoms with Crippen molar-refractivity contribution in [2.45, 2.75) is 13.0 Å². The predicted octanol–water partition coefficient (Wildman–Crippen LogP) is 3.45. The maximum atomic E-state index is 12.4. The van der Waals surface area contributed by atoms with Crippen LogP contribution in [0.4, 0.5) is 10.5 Å². The Bertz CT molecular complexity index is 774. The third kappa shape index (κ3) is 4.94. The first-order valence-electron chi connectivity index (χ1n) is 8.84. The summed E-state index contributed by atoms with van der Waals surface area (Å²) < 4.78 is 16.5. The van der Waals surface area contributed by atoms with E-state index in [0.29, 0.717) is 36.2 Å². The Morgan fingerprint density at radius 3 is 2.74 bits per heavy atom. The molecule has 1 aromatic heterocycles. The van der Waals surface area contributed by atoms with Crippen molar-refractivity contribution < 1.29 is 18.7 Å². The molecule has 1 aliphatic rings.